The molecule has 0 aliphatic heterocycles. The molecule has 0 atom stereocenters. The number of sulfonamides is 1. The summed E-state index contributed by atoms with van der Waals surface area (Å²) in [7, 11) is -3.63. The summed E-state index contributed by atoms with van der Waals surface area (Å²) in [6.07, 6.45) is 0.696. The van der Waals surface area contributed by atoms with E-state index in [-0.39, 0.29) is 24.7 Å². The van der Waals surface area contributed by atoms with Crippen molar-refractivity contribution in [2.24, 2.45) is 0 Å². The molecule has 1 aromatic carbocycles. The lowest BCUT2D eigenvalue weighted by atomic mass is 10.2. The van der Waals surface area contributed by atoms with E-state index in [1.54, 1.807) is 25.1 Å². The van der Waals surface area contributed by atoms with E-state index in [2.05, 4.69) is 11.8 Å². The van der Waals surface area contributed by atoms with Crippen LogP contribution in [0.5, 0.6) is 0 Å². The third kappa shape index (κ3) is 4.83. The van der Waals surface area contributed by atoms with Gasteiger partial charge in [0.25, 0.3) is 0 Å². The Morgan fingerprint density at radius 1 is 1.19 bits per heavy atom. The van der Waals surface area contributed by atoms with E-state index >= 15 is 0 Å². The van der Waals surface area contributed by atoms with E-state index in [0.29, 0.717) is 24.9 Å². The van der Waals surface area contributed by atoms with Crippen molar-refractivity contribution < 1.29 is 18.6 Å². The van der Waals surface area contributed by atoms with Gasteiger partial charge in [-0.2, -0.15) is 4.31 Å². The Morgan fingerprint density at radius 2 is 1.90 bits per heavy atom. The third-order valence-corrected chi connectivity index (χ3v) is 4.92. The van der Waals surface area contributed by atoms with E-state index in [1.807, 2.05) is 0 Å². The zero-order chi connectivity index (χ0) is 15.7. The van der Waals surface area contributed by atoms with Crippen molar-refractivity contribution in [2.45, 2.75) is 24.7 Å². The van der Waals surface area contributed by atoms with Crippen molar-refractivity contribution in [3.63, 3.8) is 0 Å². The average Bonchev–Trinajstić information content (AvgIpc) is 2.48. The summed E-state index contributed by atoms with van der Waals surface area (Å²) >= 11 is 0. The number of benzene rings is 1. The van der Waals surface area contributed by atoms with Crippen molar-refractivity contribution in [1.29, 1.82) is 0 Å². The molecule has 1 aromatic rings. The van der Waals surface area contributed by atoms with Crippen molar-refractivity contribution in [1.82, 2.24) is 4.31 Å². The number of hydrogen-bond acceptors (Lipinski definition) is 4. The average molecular weight is 311 g/mol. The Balaban J connectivity index is 3.16. The molecule has 21 heavy (non-hydrogen) atoms. The normalized spacial score (nSPS) is 11.2. The molecule has 0 bridgehead atoms. The minimum atomic E-state index is -3.63. The van der Waals surface area contributed by atoms with Crippen molar-refractivity contribution in [3.8, 4) is 11.8 Å². The van der Waals surface area contributed by atoms with Gasteiger partial charge in [0.1, 0.15) is 0 Å². The molecule has 0 aromatic heterocycles. The fourth-order valence-corrected chi connectivity index (χ4v) is 3.48. The van der Waals surface area contributed by atoms with Crippen LogP contribution in [-0.4, -0.2) is 49.2 Å². The Hall–Kier alpha value is -1.39. The smallest absolute Gasteiger partial charge is 0.244 e. The first-order chi connectivity index (χ1) is 10.1. The Morgan fingerprint density at radius 3 is 2.52 bits per heavy atom. The van der Waals surface area contributed by atoms with Crippen LogP contribution in [0.4, 0.5) is 0 Å². The standard InChI is InChI=1S/C15H21NO4S/c1-2-16(11-7-13-18)21(19,20)15-10-4-3-8-14(15)9-5-6-12-17/h3-4,8,10,17-18H,2,6-7,11-13H2,1H3. The number of nitrogens with zero attached hydrogens (tertiary/aromatic N) is 1. The molecule has 6 heteroatoms. The minimum Gasteiger partial charge on any atom is -0.396 e. The van der Waals surface area contributed by atoms with Crippen LogP contribution < -0.4 is 0 Å². The molecule has 116 valence electrons. The third-order valence-electron chi connectivity index (χ3n) is 2.88. The first-order valence-electron chi connectivity index (χ1n) is 6.87. The predicted molar refractivity (Wildman–Crippen MR) is 81.2 cm³/mol. The molecular formula is C15H21NO4S. The fraction of sp³-hybridized carbons (Fsp3) is 0.467. The topological polar surface area (TPSA) is 77.8 Å². The Bertz CT molecular complexity index is 602. The largest absolute Gasteiger partial charge is 0.396 e. The van der Waals surface area contributed by atoms with Gasteiger partial charge >= 0.3 is 0 Å². The molecule has 0 unspecified atom stereocenters. The molecule has 0 aliphatic rings. The van der Waals surface area contributed by atoms with Gasteiger partial charge in [-0.05, 0) is 18.6 Å². The monoisotopic (exact) mass is 311 g/mol. The van der Waals surface area contributed by atoms with Crippen LogP contribution in [0.1, 0.15) is 25.3 Å². The first-order valence-corrected chi connectivity index (χ1v) is 8.31. The molecule has 2 N–H and O–H groups in total. The maximum Gasteiger partial charge on any atom is 0.244 e. The lowest BCUT2D eigenvalue weighted by Gasteiger charge is -2.20. The Kier molecular flexibility index (Phi) is 7.40. The molecule has 0 spiro atoms. The second-order valence-electron chi connectivity index (χ2n) is 4.35. The van der Waals surface area contributed by atoms with Gasteiger partial charge < -0.3 is 10.2 Å². The summed E-state index contributed by atoms with van der Waals surface area (Å²) in [5, 5.41) is 17.6. The summed E-state index contributed by atoms with van der Waals surface area (Å²) in [5.41, 5.74) is 0.424. The van der Waals surface area contributed by atoms with E-state index in [9.17, 15) is 8.42 Å². The van der Waals surface area contributed by atoms with E-state index in [1.165, 1.54) is 10.4 Å². The molecule has 0 radical (unpaired) electrons. The van der Waals surface area contributed by atoms with Crippen molar-refractivity contribution in [2.75, 3.05) is 26.3 Å². The minimum absolute atomic E-state index is 0.0516. The van der Waals surface area contributed by atoms with Crippen LogP contribution in [-0.2, 0) is 10.0 Å². The number of rotatable bonds is 7. The molecule has 0 heterocycles. The highest BCUT2D eigenvalue weighted by Crippen LogP contribution is 2.19. The zero-order valence-corrected chi connectivity index (χ0v) is 12.9. The maximum atomic E-state index is 12.6. The van der Waals surface area contributed by atoms with Crippen LogP contribution in [0.25, 0.3) is 0 Å². The summed E-state index contributed by atoms with van der Waals surface area (Å²) in [6, 6.07) is 6.56. The quantitative estimate of drug-likeness (QED) is 0.731. The van der Waals surface area contributed by atoms with Crippen LogP contribution in [0.15, 0.2) is 29.2 Å². The van der Waals surface area contributed by atoms with Gasteiger partial charge in [0.2, 0.25) is 10.0 Å². The van der Waals surface area contributed by atoms with Gasteiger partial charge in [-0.15, -0.1) is 0 Å². The maximum absolute atomic E-state index is 12.6. The van der Waals surface area contributed by atoms with Crippen LogP contribution >= 0.6 is 0 Å². The highest BCUT2D eigenvalue weighted by molar-refractivity contribution is 7.89. The highest BCUT2D eigenvalue weighted by atomic mass is 32.2. The predicted octanol–water partition coefficient (Wildman–Crippen LogP) is 0.814. The second kappa shape index (κ2) is 8.80. The second-order valence-corrected chi connectivity index (χ2v) is 6.25. The Labute approximate surface area is 126 Å². The van der Waals surface area contributed by atoms with E-state index < -0.39 is 10.0 Å². The van der Waals surface area contributed by atoms with Gasteiger partial charge in [0.15, 0.2) is 0 Å². The van der Waals surface area contributed by atoms with Gasteiger partial charge in [-0.25, -0.2) is 8.42 Å². The van der Waals surface area contributed by atoms with Gasteiger partial charge in [0.05, 0.1) is 11.5 Å². The zero-order valence-electron chi connectivity index (χ0n) is 12.1. The summed E-state index contributed by atoms with van der Waals surface area (Å²) in [6.45, 7) is 2.26. The summed E-state index contributed by atoms with van der Waals surface area (Å²) < 4.78 is 26.6. The van der Waals surface area contributed by atoms with Crippen molar-refractivity contribution in [3.05, 3.63) is 29.8 Å². The highest BCUT2D eigenvalue weighted by Gasteiger charge is 2.24. The summed E-state index contributed by atoms with van der Waals surface area (Å²) in [5.74, 6) is 5.53. The number of aliphatic hydroxyl groups excluding tert-OH is 2. The van der Waals surface area contributed by atoms with Crippen LogP contribution in [0.3, 0.4) is 0 Å². The van der Waals surface area contributed by atoms with Gasteiger partial charge in [-0.1, -0.05) is 30.9 Å². The fourth-order valence-electron chi connectivity index (χ4n) is 1.84. The van der Waals surface area contributed by atoms with Gasteiger partial charge in [-0.3, -0.25) is 0 Å². The lowest BCUT2D eigenvalue weighted by molar-refractivity contribution is 0.271. The molecule has 0 saturated carbocycles. The molecule has 0 fully saturated rings. The van der Waals surface area contributed by atoms with E-state index in [4.69, 9.17) is 10.2 Å². The number of hydrogen-bond donors (Lipinski definition) is 2. The van der Waals surface area contributed by atoms with Crippen LogP contribution in [0, 0.1) is 11.8 Å². The molecular weight excluding hydrogens is 290 g/mol. The molecule has 0 saturated heterocycles. The first kappa shape index (κ1) is 17.7. The van der Waals surface area contributed by atoms with Crippen LogP contribution in [0.2, 0.25) is 0 Å². The number of aliphatic hydroxyl groups is 2. The van der Waals surface area contributed by atoms with E-state index in [0.717, 1.165) is 0 Å². The molecule has 0 amide bonds. The summed E-state index contributed by atoms with van der Waals surface area (Å²) in [4.78, 5) is 0.162. The molecule has 0 aliphatic carbocycles. The SMILES string of the molecule is CCN(CCCO)S(=O)(=O)c1ccccc1C#CCCO. The lowest BCUT2D eigenvalue weighted by Crippen LogP contribution is -2.32. The molecule has 1 rings (SSSR count). The molecule has 5 nitrogen and oxygen atoms in total. The van der Waals surface area contributed by atoms with Gasteiger partial charge in [0, 0.05) is 31.7 Å². The van der Waals surface area contributed by atoms with Crippen molar-refractivity contribution >= 4 is 10.0 Å².